The maximum atomic E-state index is 5.69. The van der Waals surface area contributed by atoms with Crippen LogP contribution in [0.5, 0.6) is 17.2 Å². The van der Waals surface area contributed by atoms with E-state index in [-0.39, 0.29) is 13.4 Å². The van der Waals surface area contributed by atoms with E-state index in [0.717, 1.165) is 5.56 Å². The third-order valence-electron chi connectivity index (χ3n) is 2.69. The van der Waals surface area contributed by atoms with E-state index in [2.05, 4.69) is 10.2 Å². The Morgan fingerprint density at radius 2 is 2.05 bits per heavy atom. The molecule has 0 radical (unpaired) electrons. The Labute approximate surface area is 109 Å². The fourth-order valence-electron chi connectivity index (χ4n) is 1.79. The Balaban J connectivity index is 1.80. The predicted molar refractivity (Wildman–Crippen MR) is 63.8 cm³/mol. The largest absolute Gasteiger partial charge is 0.483 e. The first kappa shape index (κ1) is 11.8. The maximum absolute atomic E-state index is 5.69. The van der Waals surface area contributed by atoms with Gasteiger partial charge in [-0.1, -0.05) is 0 Å². The number of benzene rings is 1. The SMILES string of the molecule is Cc1nnc(COc2cc3c(cc2CN)OCO3)o1. The van der Waals surface area contributed by atoms with Crippen LogP contribution in [0.15, 0.2) is 16.5 Å². The molecule has 1 aromatic carbocycles. The summed E-state index contributed by atoms with van der Waals surface area (Å²) in [4.78, 5) is 0. The van der Waals surface area contributed by atoms with Gasteiger partial charge in [0.05, 0.1) is 0 Å². The van der Waals surface area contributed by atoms with Gasteiger partial charge in [-0.05, 0) is 6.07 Å². The molecule has 100 valence electrons. The van der Waals surface area contributed by atoms with Crippen LogP contribution in [0.2, 0.25) is 0 Å². The molecule has 2 N–H and O–H groups in total. The van der Waals surface area contributed by atoms with E-state index in [1.807, 2.05) is 6.07 Å². The molecule has 7 heteroatoms. The Morgan fingerprint density at radius 1 is 1.26 bits per heavy atom. The van der Waals surface area contributed by atoms with Crippen molar-refractivity contribution in [2.24, 2.45) is 5.73 Å². The number of aromatic nitrogens is 2. The van der Waals surface area contributed by atoms with Gasteiger partial charge in [0.2, 0.25) is 12.7 Å². The van der Waals surface area contributed by atoms with Crippen molar-refractivity contribution >= 4 is 0 Å². The molecule has 0 aliphatic carbocycles. The quantitative estimate of drug-likeness (QED) is 0.884. The molecular formula is C12H13N3O4. The minimum Gasteiger partial charge on any atom is -0.483 e. The van der Waals surface area contributed by atoms with Crippen molar-refractivity contribution in [1.82, 2.24) is 10.2 Å². The number of hydrogen-bond donors (Lipinski definition) is 1. The summed E-state index contributed by atoms with van der Waals surface area (Å²) in [7, 11) is 0. The minimum atomic E-state index is 0.188. The van der Waals surface area contributed by atoms with Crippen LogP contribution in [-0.4, -0.2) is 17.0 Å². The molecule has 0 bridgehead atoms. The van der Waals surface area contributed by atoms with Crippen LogP contribution in [-0.2, 0) is 13.2 Å². The lowest BCUT2D eigenvalue weighted by atomic mass is 10.2. The molecule has 0 unspecified atom stereocenters. The maximum Gasteiger partial charge on any atom is 0.253 e. The van der Waals surface area contributed by atoms with Crippen molar-refractivity contribution < 1.29 is 18.6 Å². The summed E-state index contributed by atoms with van der Waals surface area (Å²) in [6.07, 6.45) is 0. The smallest absolute Gasteiger partial charge is 0.253 e. The number of nitrogens with two attached hydrogens (primary N) is 1. The zero-order valence-corrected chi connectivity index (χ0v) is 10.4. The molecule has 1 aromatic heterocycles. The average molecular weight is 263 g/mol. The summed E-state index contributed by atoms with van der Waals surface area (Å²) >= 11 is 0. The van der Waals surface area contributed by atoms with Crippen LogP contribution >= 0.6 is 0 Å². The molecule has 0 fully saturated rings. The van der Waals surface area contributed by atoms with Crippen molar-refractivity contribution in [2.45, 2.75) is 20.1 Å². The van der Waals surface area contributed by atoms with Crippen molar-refractivity contribution in [3.8, 4) is 17.2 Å². The third kappa shape index (κ3) is 2.32. The second-order valence-electron chi connectivity index (χ2n) is 4.02. The first-order valence-corrected chi connectivity index (χ1v) is 5.80. The van der Waals surface area contributed by atoms with Crippen LogP contribution in [0.3, 0.4) is 0 Å². The number of ether oxygens (including phenoxy) is 3. The second-order valence-corrected chi connectivity index (χ2v) is 4.02. The molecule has 0 saturated heterocycles. The molecule has 19 heavy (non-hydrogen) atoms. The number of hydrogen-bond acceptors (Lipinski definition) is 7. The first-order valence-electron chi connectivity index (χ1n) is 5.80. The fourth-order valence-corrected chi connectivity index (χ4v) is 1.79. The molecule has 7 nitrogen and oxygen atoms in total. The summed E-state index contributed by atoms with van der Waals surface area (Å²) in [6, 6.07) is 3.57. The summed E-state index contributed by atoms with van der Waals surface area (Å²) in [5.74, 6) is 2.87. The average Bonchev–Trinajstić information content (AvgIpc) is 3.03. The van der Waals surface area contributed by atoms with Gasteiger partial charge in [0, 0.05) is 25.1 Å². The first-order chi connectivity index (χ1) is 9.26. The molecular weight excluding hydrogens is 250 g/mol. The molecule has 3 rings (SSSR count). The van der Waals surface area contributed by atoms with Crippen LogP contribution in [0.1, 0.15) is 17.3 Å². The van der Waals surface area contributed by atoms with Crippen LogP contribution in [0.4, 0.5) is 0 Å². The van der Waals surface area contributed by atoms with E-state index in [1.54, 1.807) is 13.0 Å². The van der Waals surface area contributed by atoms with Gasteiger partial charge in [0.15, 0.2) is 18.1 Å². The number of nitrogens with zero attached hydrogens (tertiary/aromatic N) is 2. The van der Waals surface area contributed by atoms with Crippen LogP contribution in [0.25, 0.3) is 0 Å². The van der Waals surface area contributed by atoms with Gasteiger partial charge in [-0.2, -0.15) is 0 Å². The number of aryl methyl sites for hydroxylation is 1. The summed E-state index contributed by atoms with van der Waals surface area (Å²) in [5.41, 5.74) is 6.52. The minimum absolute atomic E-state index is 0.188. The van der Waals surface area contributed by atoms with E-state index in [9.17, 15) is 0 Å². The van der Waals surface area contributed by atoms with E-state index in [4.69, 9.17) is 24.4 Å². The molecule has 1 aliphatic heterocycles. The van der Waals surface area contributed by atoms with Crippen molar-refractivity contribution in [3.05, 3.63) is 29.5 Å². The van der Waals surface area contributed by atoms with Gasteiger partial charge in [0.1, 0.15) is 5.75 Å². The lowest BCUT2D eigenvalue weighted by Crippen LogP contribution is -2.03. The van der Waals surface area contributed by atoms with Gasteiger partial charge < -0.3 is 24.4 Å². The predicted octanol–water partition coefficient (Wildman–Crippen LogP) is 1.14. The van der Waals surface area contributed by atoms with Gasteiger partial charge in [0.25, 0.3) is 5.89 Å². The van der Waals surface area contributed by atoms with Crippen LogP contribution < -0.4 is 19.9 Å². The van der Waals surface area contributed by atoms with Gasteiger partial charge in [-0.3, -0.25) is 0 Å². The zero-order valence-electron chi connectivity index (χ0n) is 10.4. The van der Waals surface area contributed by atoms with Crippen molar-refractivity contribution in [2.75, 3.05) is 6.79 Å². The monoisotopic (exact) mass is 263 g/mol. The van der Waals surface area contributed by atoms with Gasteiger partial charge >= 0.3 is 0 Å². The molecule has 0 saturated carbocycles. The Hall–Kier alpha value is -2.28. The molecule has 1 aliphatic rings. The van der Waals surface area contributed by atoms with Crippen molar-refractivity contribution in [1.29, 1.82) is 0 Å². The highest BCUT2D eigenvalue weighted by atomic mass is 16.7. The van der Waals surface area contributed by atoms with Gasteiger partial charge in [-0.25, -0.2) is 0 Å². The normalized spacial score (nSPS) is 12.7. The van der Waals surface area contributed by atoms with Crippen LogP contribution in [0, 0.1) is 6.92 Å². The fraction of sp³-hybridized carbons (Fsp3) is 0.333. The third-order valence-corrected chi connectivity index (χ3v) is 2.69. The highest BCUT2D eigenvalue weighted by Crippen LogP contribution is 2.38. The Morgan fingerprint density at radius 3 is 2.74 bits per heavy atom. The van der Waals surface area contributed by atoms with E-state index < -0.39 is 0 Å². The van der Waals surface area contributed by atoms with E-state index >= 15 is 0 Å². The summed E-state index contributed by atoms with van der Waals surface area (Å²) in [6.45, 7) is 2.47. The number of fused-ring (bicyclic) bond motifs is 1. The van der Waals surface area contributed by atoms with Gasteiger partial charge in [-0.15, -0.1) is 10.2 Å². The summed E-state index contributed by atoms with van der Waals surface area (Å²) in [5, 5.41) is 7.59. The molecule has 0 spiro atoms. The lowest BCUT2D eigenvalue weighted by molar-refractivity contribution is 0.173. The van der Waals surface area contributed by atoms with E-state index in [0.29, 0.717) is 35.6 Å². The number of rotatable bonds is 4. The molecule has 0 atom stereocenters. The van der Waals surface area contributed by atoms with Crippen molar-refractivity contribution in [3.63, 3.8) is 0 Å². The zero-order chi connectivity index (χ0) is 13.2. The Kier molecular flexibility index (Phi) is 2.96. The van der Waals surface area contributed by atoms with E-state index in [1.165, 1.54) is 0 Å². The molecule has 0 amide bonds. The highest BCUT2D eigenvalue weighted by Gasteiger charge is 2.18. The lowest BCUT2D eigenvalue weighted by Gasteiger charge is -2.09. The highest BCUT2D eigenvalue weighted by molar-refractivity contribution is 5.51. The summed E-state index contributed by atoms with van der Waals surface area (Å²) < 4.78 is 21.5. The standard InChI is InChI=1S/C12H13N3O4/c1-7-14-15-12(19-7)5-16-9-3-11-10(17-6-18-11)2-8(9)4-13/h2-3H,4-6,13H2,1H3. The Bertz CT molecular complexity index is 597. The second kappa shape index (κ2) is 4.77. The molecule has 2 aromatic rings. The molecule has 2 heterocycles. The topological polar surface area (TPSA) is 92.6 Å².